The molecule has 0 atom stereocenters. The van der Waals surface area contributed by atoms with Crippen LogP contribution in [0.1, 0.15) is 23.2 Å². The highest BCUT2D eigenvalue weighted by atomic mass is 16.5. The van der Waals surface area contributed by atoms with Gasteiger partial charge < -0.3 is 19.3 Å². The van der Waals surface area contributed by atoms with Crippen LogP contribution in [-0.4, -0.2) is 67.3 Å². The number of amides is 1. The van der Waals surface area contributed by atoms with Crippen molar-refractivity contribution in [2.75, 3.05) is 51.4 Å². The number of likely N-dealkylation sites (N-methyl/N-ethyl adjacent to an activating group) is 1. The van der Waals surface area contributed by atoms with Crippen molar-refractivity contribution in [1.29, 1.82) is 0 Å². The number of rotatable bonds is 8. The lowest BCUT2D eigenvalue weighted by atomic mass is 10.1. The van der Waals surface area contributed by atoms with Crippen molar-refractivity contribution in [3.63, 3.8) is 0 Å². The minimum Gasteiger partial charge on any atom is -0.491 e. The summed E-state index contributed by atoms with van der Waals surface area (Å²) in [5.41, 5.74) is 2.11. The molecule has 1 N–H and O–H groups in total. The van der Waals surface area contributed by atoms with Crippen LogP contribution in [-0.2, 0) is 16.0 Å². The number of morpholine rings is 1. The van der Waals surface area contributed by atoms with Gasteiger partial charge in [0.1, 0.15) is 12.4 Å². The lowest BCUT2D eigenvalue weighted by molar-refractivity contribution is -0.130. The number of carbonyl (C=O) groups excluding carboxylic acids is 1. The number of aryl methyl sites for hydroxylation is 2. The highest BCUT2D eigenvalue weighted by molar-refractivity contribution is 5.76. The maximum absolute atomic E-state index is 12.5. The number of nitrogens with one attached hydrogen (secondary N) is 1. The standard InChI is InChI=1S/C22H30N4O4/c1-16-6-4-5-7-19(16)30-15-10-25(3)20(27)9-8-18-17(2)23-22(24-21(18)28)26-11-13-29-14-12-26/h4-7H,8-15H2,1-3H3,(H,23,24,28). The Morgan fingerprint density at radius 1 is 1.27 bits per heavy atom. The van der Waals surface area contributed by atoms with Gasteiger partial charge in [-0.1, -0.05) is 18.2 Å². The van der Waals surface area contributed by atoms with Gasteiger partial charge in [0.05, 0.1) is 19.8 Å². The van der Waals surface area contributed by atoms with Crippen molar-refractivity contribution >= 4 is 11.9 Å². The van der Waals surface area contributed by atoms with Crippen LogP contribution in [0, 0.1) is 13.8 Å². The molecule has 1 aromatic heterocycles. The van der Waals surface area contributed by atoms with Gasteiger partial charge in [0.15, 0.2) is 0 Å². The van der Waals surface area contributed by atoms with Crippen LogP contribution in [0.3, 0.4) is 0 Å². The van der Waals surface area contributed by atoms with Crippen LogP contribution >= 0.6 is 0 Å². The lowest BCUT2D eigenvalue weighted by Crippen LogP contribution is -2.38. The van der Waals surface area contributed by atoms with Crippen molar-refractivity contribution in [2.45, 2.75) is 26.7 Å². The Morgan fingerprint density at radius 3 is 2.70 bits per heavy atom. The van der Waals surface area contributed by atoms with Gasteiger partial charge in [-0.05, 0) is 31.9 Å². The summed E-state index contributed by atoms with van der Waals surface area (Å²) >= 11 is 0. The average molecular weight is 415 g/mol. The summed E-state index contributed by atoms with van der Waals surface area (Å²) in [6.45, 7) is 7.36. The van der Waals surface area contributed by atoms with E-state index in [1.807, 2.05) is 43.0 Å². The molecule has 1 amide bonds. The average Bonchev–Trinajstić information content (AvgIpc) is 2.74. The predicted molar refractivity (Wildman–Crippen MR) is 115 cm³/mol. The van der Waals surface area contributed by atoms with Crippen LogP contribution < -0.4 is 15.2 Å². The molecule has 0 aliphatic carbocycles. The zero-order chi connectivity index (χ0) is 21.5. The molecule has 0 radical (unpaired) electrons. The fraction of sp³-hybridized carbons (Fsp3) is 0.500. The monoisotopic (exact) mass is 414 g/mol. The van der Waals surface area contributed by atoms with E-state index >= 15 is 0 Å². The number of aromatic amines is 1. The highest BCUT2D eigenvalue weighted by Gasteiger charge is 2.17. The second kappa shape index (κ2) is 10.2. The van der Waals surface area contributed by atoms with Crippen LogP contribution in [0.5, 0.6) is 5.75 Å². The number of aromatic nitrogens is 2. The SMILES string of the molecule is Cc1ccccc1OCCN(C)C(=O)CCc1c(C)nc(N2CCOCC2)[nH]c1=O. The first-order chi connectivity index (χ1) is 14.5. The van der Waals surface area contributed by atoms with E-state index in [0.29, 0.717) is 63.1 Å². The van der Waals surface area contributed by atoms with E-state index in [-0.39, 0.29) is 17.9 Å². The Hall–Kier alpha value is -2.87. The van der Waals surface area contributed by atoms with E-state index in [2.05, 4.69) is 9.97 Å². The molecule has 30 heavy (non-hydrogen) atoms. The summed E-state index contributed by atoms with van der Waals surface area (Å²) in [5, 5.41) is 0. The van der Waals surface area contributed by atoms with Crippen LogP contribution in [0.4, 0.5) is 5.95 Å². The van der Waals surface area contributed by atoms with Gasteiger partial charge in [-0.25, -0.2) is 4.98 Å². The summed E-state index contributed by atoms with van der Waals surface area (Å²) in [6, 6.07) is 7.79. The number of carbonyl (C=O) groups is 1. The lowest BCUT2D eigenvalue weighted by Gasteiger charge is -2.27. The molecule has 3 rings (SSSR count). The number of hydrogen-bond acceptors (Lipinski definition) is 6. The minimum atomic E-state index is -0.178. The van der Waals surface area contributed by atoms with Crippen LogP contribution in [0.2, 0.25) is 0 Å². The number of nitrogens with zero attached hydrogens (tertiary/aromatic N) is 3. The van der Waals surface area contributed by atoms with Gasteiger partial charge in [-0.3, -0.25) is 14.6 Å². The summed E-state index contributed by atoms with van der Waals surface area (Å²) in [6.07, 6.45) is 0.614. The maximum Gasteiger partial charge on any atom is 0.255 e. The van der Waals surface area contributed by atoms with Crippen molar-refractivity contribution in [2.24, 2.45) is 0 Å². The second-order valence-corrected chi connectivity index (χ2v) is 7.48. The second-order valence-electron chi connectivity index (χ2n) is 7.48. The normalized spacial score (nSPS) is 13.9. The van der Waals surface area contributed by atoms with Crippen LogP contribution in [0.15, 0.2) is 29.1 Å². The Bertz CT molecular complexity index is 922. The fourth-order valence-corrected chi connectivity index (χ4v) is 3.37. The first-order valence-corrected chi connectivity index (χ1v) is 10.3. The molecule has 0 bridgehead atoms. The first-order valence-electron chi connectivity index (χ1n) is 10.3. The molecule has 0 unspecified atom stereocenters. The van der Waals surface area contributed by atoms with E-state index in [1.165, 1.54) is 0 Å². The Labute approximate surface area is 176 Å². The topological polar surface area (TPSA) is 87.8 Å². The molecule has 8 heteroatoms. The molecule has 0 spiro atoms. The number of para-hydroxylation sites is 1. The molecule has 1 aliphatic rings. The predicted octanol–water partition coefficient (Wildman–Crippen LogP) is 1.69. The molecule has 0 saturated carbocycles. The molecule has 2 aromatic rings. The van der Waals surface area contributed by atoms with Gasteiger partial charge in [0.25, 0.3) is 5.56 Å². The number of benzene rings is 1. The Kier molecular flexibility index (Phi) is 7.46. The van der Waals surface area contributed by atoms with Gasteiger partial charge in [-0.15, -0.1) is 0 Å². The zero-order valence-electron chi connectivity index (χ0n) is 17.9. The molecule has 1 saturated heterocycles. The molecule has 1 aromatic carbocycles. The number of hydrogen-bond donors (Lipinski definition) is 1. The summed E-state index contributed by atoms with van der Waals surface area (Å²) in [5.74, 6) is 1.37. The Balaban J connectivity index is 1.51. The third-order valence-electron chi connectivity index (χ3n) is 5.31. The molecule has 1 fully saturated rings. The van der Waals surface area contributed by atoms with Crippen LogP contribution in [0.25, 0.3) is 0 Å². The molecular weight excluding hydrogens is 384 g/mol. The summed E-state index contributed by atoms with van der Waals surface area (Å²) in [4.78, 5) is 36.1. The first kappa shape index (κ1) is 21.8. The molecule has 1 aliphatic heterocycles. The van der Waals surface area contributed by atoms with Gasteiger partial charge in [0, 0.05) is 37.8 Å². The van der Waals surface area contributed by atoms with Crippen molar-refractivity contribution in [3.05, 3.63) is 51.4 Å². The molecular formula is C22H30N4O4. The quantitative estimate of drug-likeness (QED) is 0.707. The Morgan fingerprint density at radius 2 is 2.00 bits per heavy atom. The van der Waals surface area contributed by atoms with E-state index < -0.39 is 0 Å². The third-order valence-corrected chi connectivity index (χ3v) is 5.31. The third kappa shape index (κ3) is 5.60. The maximum atomic E-state index is 12.5. The van der Waals surface area contributed by atoms with E-state index in [0.717, 1.165) is 11.3 Å². The summed E-state index contributed by atoms with van der Waals surface area (Å²) < 4.78 is 11.1. The van der Waals surface area contributed by atoms with E-state index in [4.69, 9.17) is 9.47 Å². The largest absolute Gasteiger partial charge is 0.491 e. The smallest absolute Gasteiger partial charge is 0.255 e. The van der Waals surface area contributed by atoms with Gasteiger partial charge >= 0.3 is 0 Å². The number of H-pyrrole nitrogens is 1. The van der Waals surface area contributed by atoms with Crippen molar-refractivity contribution in [1.82, 2.24) is 14.9 Å². The van der Waals surface area contributed by atoms with E-state index in [9.17, 15) is 9.59 Å². The fourth-order valence-electron chi connectivity index (χ4n) is 3.37. The minimum absolute atomic E-state index is 0.0283. The molecule has 8 nitrogen and oxygen atoms in total. The molecule has 162 valence electrons. The zero-order valence-corrected chi connectivity index (χ0v) is 17.9. The number of anilines is 1. The van der Waals surface area contributed by atoms with Crippen molar-refractivity contribution in [3.8, 4) is 5.75 Å². The summed E-state index contributed by atoms with van der Waals surface area (Å²) in [7, 11) is 1.75. The highest BCUT2D eigenvalue weighted by Crippen LogP contribution is 2.16. The van der Waals surface area contributed by atoms with Crippen molar-refractivity contribution < 1.29 is 14.3 Å². The number of ether oxygens (including phenoxy) is 2. The van der Waals surface area contributed by atoms with Gasteiger partial charge in [0.2, 0.25) is 11.9 Å². The molecule has 2 heterocycles. The van der Waals surface area contributed by atoms with Gasteiger partial charge in [-0.2, -0.15) is 0 Å². The van der Waals surface area contributed by atoms with E-state index in [1.54, 1.807) is 11.9 Å².